The second-order valence-corrected chi connectivity index (χ2v) is 13.7. The number of nitrogens with zero attached hydrogens (tertiary/aromatic N) is 2. The molecule has 0 saturated carbocycles. The van der Waals surface area contributed by atoms with Crippen molar-refractivity contribution >= 4 is 34.9 Å². The van der Waals surface area contributed by atoms with E-state index >= 15 is 0 Å². The summed E-state index contributed by atoms with van der Waals surface area (Å²) < 4.78 is 18.0. The number of carbonyl (C=O) groups is 3. The molecule has 0 radical (unpaired) electrons. The van der Waals surface area contributed by atoms with E-state index in [4.69, 9.17) is 24.9 Å². The molecule has 3 atom stereocenters. The number of cyclic esters (lactones) is 1. The van der Waals surface area contributed by atoms with Crippen LogP contribution in [-0.4, -0.2) is 66.2 Å². The summed E-state index contributed by atoms with van der Waals surface area (Å²) in [6.07, 6.45) is 3.55. The third-order valence-electron chi connectivity index (χ3n) is 8.30. The van der Waals surface area contributed by atoms with Crippen molar-refractivity contribution < 1.29 is 28.6 Å². The number of aromatic nitrogens is 1. The van der Waals surface area contributed by atoms with Gasteiger partial charge in [-0.1, -0.05) is 77.1 Å². The fraction of sp³-hybridized carbons (Fsp3) is 0.429. The summed E-state index contributed by atoms with van der Waals surface area (Å²) in [5.41, 5.74) is 7.86. The monoisotopic (exact) mass is 614 g/mol. The first kappa shape index (κ1) is 31.8. The molecular formula is C35H42N4O6. The van der Waals surface area contributed by atoms with Gasteiger partial charge in [-0.2, -0.15) is 0 Å². The number of amides is 3. The van der Waals surface area contributed by atoms with Gasteiger partial charge in [-0.05, 0) is 17.9 Å². The van der Waals surface area contributed by atoms with Crippen molar-refractivity contribution in [3.63, 3.8) is 0 Å². The van der Waals surface area contributed by atoms with Crippen LogP contribution in [0.4, 0.5) is 4.79 Å². The topological polar surface area (TPSA) is 133 Å². The highest BCUT2D eigenvalue weighted by atomic mass is 16.5. The SMILES string of the molecule is COc1cc2nc(-c3ccccc3)cc3c2cc1/C=C/CC(C)(C)COC(=O)N[C@@H](C(C)(C)C)C(=O)N1C[C@@H](C[C@H]1C(N)=O)O3. The summed E-state index contributed by atoms with van der Waals surface area (Å²) in [5.74, 6) is 0.146. The first-order valence-corrected chi connectivity index (χ1v) is 15.2. The van der Waals surface area contributed by atoms with Crippen molar-refractivity contribution in [2.24, 2.45) is 16.6 Å². The Morgan fingerprint density at radius 1 is 1.13 bits per heavy atom. The first-order valence-electron chi connectivity index (χ1n) is 15.2. The van der Waals surface area contributed by atoms with Crippen LogP contribution < -0.4 is 20.5 Å². The van der Waals surface area contributed by atoms with Crippen LogP contribution in [0, 0.1) is 10.8 Å². The zero-order chi connectivity index (χ0) is 32.5. The lowest BCUT2D eigenvalue weighted by atomic mass is 9.85. The van der Waals surface area contributed by atoms with E-state index in [1.807, 2.05) is 95.3 Å². The Kier molecular flexibility index (Phi) is 8.78. The number of rotatable bonds is 3. The Morgan fingerprint density at radius 3 is 2.53 bits per heavy atom. The van der Waals surface area contributed by atoms with Crippen molar-refractivity contribution in [1.82, 2.24) is 15.2 Å². The maximum absolute atomic E-state index is 14.0. The summed E-state index contributed by atoms with van der Waals surface area (Å²) >= 11 is 0. The molecule has 0 aliphatic carbocycles. The second-order valence-electron chi connectivity index (χ2n) is 13.7. The number of nitrogens with two attached hydrogens (primary N) is 1. The predicted octanol–water partition coefficient (Wildman–Crippen LogP) is 5.33. The van der Waals surface area contributed by atoms with Crippen LogP contribution in [0.2, 0.25) is 0 Å². The molecule has 3 aromatic rings. The Labute approximate surface area is 263 Å². The van der Waals surface area contributed by atoms with Crippen molar-refractivity contribution in [3.8, 4) is 22.8 Å². The number of allylic oxidation sites excluding steroid dienone is 1. The number of pyridine rings is 1. The molecule has 1 fully saturated rings. The highest BCUT2D eigenvalue weighted by Gasteiger charge is 2.45. The van der Waals surface area contributed by atoms with Gasteiger partial charge in [-0.3, -0.25) is 9.59 Å². The largest absolute Gasteiger partial charge is 0.496 e. The average molecular weight is 615 g/mol. The number of ether oxygens (including phenoxy) is 3. The summed E-state index contributed by atoms with van der Waals surface area (Å²) in [4.78, 5) is 46.1. The van der Waals surface area contributed by atoms with Crippen LogP contribution in [0.25, 0.3) is 28.2 Å². The zero-order valence-corrected chi connectivity index (χ0v) is 26.8. The van der Waals surface area contributed by atoms with E-state index in [0.29, 0.717) is 29.1 Å². The highest BCUT2D eigenvalue weighted by molar-refractivity contribution is 5.93. The third-order valence-corrected chi connectivity index (χ3v) is 8.30. The fourth-order valence-corrected chi connectivity index (χ4v) is 5.78. The molecular weight excluding hydrogens is 572 g/mol. The van der Waals surface area contributed by atoms with Gasteiger partial charge < -0.3 is 30.2 Å². The molecule has 2 aliphatic rings. The molecule has 4 bridgehead atoms. The minimum Gasteiger partial charge on any atom is -0.496 e. The maximum Gasteiger partial charge on any atom is 0.407 e. The van der Waals surface area contributed by atoms with Crippen LogP contribution in [0.3, 0.4) is 0 Å². The van der Waals surface area contributed by atoms with Crippen molar-refractivity contribution in [2.75, 3.05) is 20.3 Å². The van der Waals surface area contributed by atoms with Crippen molar-refractivity contribution in [3.05, 3.63) is 60.2 Å². The predicted molar refractivity (Wildman–Crippen MR) is 173 cm³/mol. The number of carbonyl (C=O) groups excluding carboxylic acids is 3. The normalized spacial score (nSPS) is 23.0. The van der Waals surface area contributed by atoms with E-state index in [2.05, 4.69) is 5.32 Å². The minimum absolute atomic E-state index is 0.107. The molecule has 2 aliphatic heterocycles. The summed E-state index contributed by atoms with van der Waals surface area (Å²) in [6.45, 7) is 9.77. The number of benzene rings is 2. The van der Waals surface area contributed by atoms with Gasteiger partial charge in [0.05, 0.1) is 31.5 Å². The van der Waals surface area contributed by atoms with E-state index in [1.54, 1.807) is 7.11 Å². The van der Waals surface area contributed by atoms with Gasteiger partial charge in [0.1, 0.15) is 29.7 Å². The molecule has 2 aromatic carbocycles. The summed E-state index contributed by atoms with van der Waals surface area (Å²) in [6, 6.07) is 13.6. The smallest absolute Gasteiger partial charge is 0.407 e. The lowest BCUT2D eigenvalue weighted by Crippen LogP contribution is -2.57. The molecule has 1 aromatic heterocycles. The lowest BCUT2D eigenvalue weighted by Gasteiger charge is -2.35. The van der Waals surface area contributed by atoms with Gasteiger partial charge in [0.15, 0.2) is 0 Å². The van der Waals surface area contributed by atoms with Crippen LogP contribution in [0.1, 0.15) is 53.0 Å². The molecule has 10 nitrogen and oxygen atoms in total. The van der Waals surface area contributed by atoms with E-state index < -0.39 is 46.9 Å². The minimum atomic E-state index is -0.964. The summed E-state index contributed by atoms with van der Waals surface area (Å²) in [7, 11) is 1.62. The number of primary amides is 1. The fourth-order valence-electron chi connectivity index (χ4n) is 5.78. The molecule has 1 saturated heterocycles. The van der Waals surface area contributed by atoms with Gasteiger partial charge in [0, 0.05) is 40.5 Å². The first-order chi connectivity index (χ1) is 21.3. The van der Waals surface area contributed by atoms with E-state index in [9.17, 15) is 14.4 Å². The van der Waals surface area contributed by atoms with Gasteiger partial charge in [0.2, 0.25) is 11.8 Å². The molecule has 45 heavy (non-hydrogen) atoms. The summed E-state index contributed by atoms with van der Waals surface area (Å²) in [5, 5.41) is 3.53. The van der Waals surface area contributed by atoms with E-state index in [-0.39, 0.29) is 19.6 Å². The molecule has 3 heterocycles. The second kappa shape index (κ2) is 12.4. The Balaban J connectivity index is 1.65. The van der Waals surface area contributed by atoms with Crippen LogP contribution >= 0.6 is 0 Å². The van der Waals surface area contributed by atoms with Gasteiger partial charge in [-0.15, -0.1) is 0 Å². The van der Waals surface area contributed by atoms with E-state index in [0.717, 1.165) is 16.5 Å². The molecule has 0 unspecified atom stereocenters. The van der Waals surface area contributed by atoms with Gasteiger partial charge >= 0.3 is 6.09 Å². The average Bonchev–Trinajstić information content (AvgIpc) is 3.42. The molecule has 238 valence electrons. The molecule has 0 spiro atoms. The molecule has 5 rings (SSSR count). The van der Waals surface area contributed by atoms with Gasteiger partial charge in [-0.25, -0.2) is 9.78 Å². The Bertz CT molecular complexity index is 1630. The molecule has 10 heteroatoms. The Morgan fingerprint density at radius 2 is 1.87 bits per heavy atom. The number of hydrogen-bond donors (Lipinski definition) is 2. The molecule has 3 N–H and O–H groups in total. The number of nitrogens with one attached hydrogen (secondary N) is 1. The van der Waals surface area contributed by atoms with E-state index in [1.165, 1.54) is 4.90 Å². The highest BCUT2D eigenvalue weighted by Crippen LogP contribution is 2.37. The lowest BCUT2D eigenvalue weighted by molar-refractivity contribution is -0.141. The van der Waals surface area contributed by atoms with Crippen LogP contribution in [-0.2, 0) is 14.3 Å². The molecule has 3 amide bonds. The van der Waals surface area contributed by atoms with Crippen LogP contribution in [0.5, 0.6) is 11.5 Å². The Hall–Kier alpha value is -4.60. The maximum atomic E-state index is 14.0. The van der Waals surface area contributed by atoms with Gasteiger partial charge in [0.25, 0.3) is 0 Å². The number of methoxy groups -OCH3 is 1. The standard InChI is InChI=1S/C35H42N4O6/c1-34(2,3)30-32(41)39-19-23(16-27(39)31(36)40)45-29-17-25(21-11-8-7-9-12-21)37-26-18-28(43-6)22(15-24(26)29)13-10-14-35(4,5)20-44-33(42)38-30/h7-13,15,17-18,23,27,30H,14,16,19-20H2,1-6H3,(H2,36,40)(H,38,42)/b13-10+/t23-,27+,30-/m1/s1. The van der Waals surface area contributed by atoms with Crippen LogP contribution in [0.15, 0.2) is 54.6 Å². The number of alkyl carbamates (subject to hydrolysis) is 1. The van der Waals surface area contributed by atoms with Crippen molar-refractivity contribution in [2.45, 2.75) is 65.6 Å². The van der Waals surface area contributed by atoms with Crippen molar-refractivity contribution in [1.29, 1.82) is 0 Å². The number of hydrogen-bond acceptors (Lipinski definition) is 7. The third kappa shape index (κ3) is 7.05. The number of fused-ring (bicyclic) bond motifs is 3. The quantitative estimate of drug-likeness (QED) is 0.408. The zero-order valence-electron chi connectivity index (χ0n) is 26.8.